The second-order valence-corrected chi connectivity index (χ2v) is 8.55. The van der Waals surface area contributed by atoms with E-state index < -0.39 is 0 Å². The number of ether oxygens (including phenoxy) is 2. The number of aromatic nitrogens is 3. The van der Waals surface area contributed by atoms with Crippen LogP contribution >= 0.6 is 11.3 Å². The van der Waals surface area contributed by atoms with Gasteiger partial charge in [-0.2, -0.15) is 9.50 Å². The van der Waals surface area contributed by atoms with Gasteiger partial charge in [-0.05, 0) is 60.9 Å². The Morgan fingerprint density at radius 3 is 2.25 bits per heavy atom. The molecule has 0 saturated carbocycles. The lowest BCUT2D eigenvalue weighted by Gasteiger charge is -2.05. The van der Waals surface area contributed by atoms with Gasteiger partial charge in [-0.3, -0.25) is 4.79 Å². The van der Waals surface area contributed by atoms with Crippen LogP contribution in [0.15, 0.2) is 53.3 Å². The first kappa shape index (κ1) is 22.0. The number of benzene rings is 2. The number of rotatable bonds is 10. The van der Waals surface area contributed by atoms with Crippen LogP contribution in [0.2, 0.25) is 0 Å². The number of fused-ring (bicyclic) bond motifs is 1. The lowest BCUT2D eigenvalue weighted by Crippen LogP contribution is -2.23. The molecular formula is C25H27N3O3S. The molecule has 7 heteroatoms. The summed E-state index contributed by atoms with van der Waals surface area (Å²) in [6, 6.07) is 15.4. The number of nitrogens with zero attached hydrogens (tertiary/aromatic N) is 3. The summed E-state index contributed by atoms with van der Waals surface area (Å²) in [5.74, 6) is 2.20. The van der Waals surface area contributed by atoms with Gasteiger partial charge in [0.05, 0.1) is 17.7 Å². The molecule has 2 aromatic heterocycles. The van der Waals surface area contributed by atoms with E-state index in [1.807, 2.05) is 54.6 Å². The predicted octanol–water partition coefficient (Wildman–Crippen LogP) is 4.72. The molecule has 2 aromatic carbocycles. The summed E-state index contributed by atoms with van der Waals surface area (Å²) in [7, 11) is 0. The van der Waals surface area contributed by atoms with Gasteiger partial charge < -0.3 is 9.47 Å². The van der Waals surface area contributed by atoms with E-state index in [1.54, 1.807) is 0 Å². The predicted molar refractivity (Wildman–Crippen MR) is 129 cm³/mol. The minimum absolute atomic E-state index is 0.161. The highest BCUT2D eigenvalue weighted by molar-refractivity contribution is 7.15. The molecule has 0 radical (unpaired) electrons. The zero-order valence-corrected chi connectivity index (χ0v) is 19.2. The molecule has 4 aromatic rings. The molecule has 32 heavy (non-hydrogen) atoms. The van der Waals surface area contributed by atoms with Crippen LogP contribution < -0.4 is 19.6 Å². The first-order valence-electron chi connectivity index (χ1n) is 11.1. The average molecular weight is 450 g/mol. The summed E-state index contributed by atoms with van der Waals surface area (Å²) in [5, 5.41) is 4.43. The third kappa shape index (κ3) is 5.16. The Morgan fingerprint density at radius 1 is 0.906 bits per heavy atom. The Hall–Kier alpha value is -3.19. The first-order valence-corrected chi connectivity index (χ1v) is 11.9. The van der Waals surface area contributed by atoms with Crippen LogP contribution in [-0.4, -0.2) is 27.8 Å². The summed E-state index contributed by atoms with van der Waals surface area (Å²) in [5.41, 5.74) is 1.63. The monoisotopic (exact) mass is 449 g/mol. The molecule has 2 heterocycles. The van der Waals surface area contributed by atoms with Crippen LogP contribution in [0.1, 0.15) is 45.1 Å². The van der Waals surface area contributed by atoms with Crippen LogP contribution in [0.3, 0.4) is 0 Å². The van der Waals surface area contributed by atoms with E-state index in [1.165, 1.54) is 28.7 Å². The van der Waals surface area contributed by atoms with Crippen LogP contribution in [0, 0.1) is 0 Å². The van der Waals surface area contributed by atoms with Crippen LogP contribution in [0.5, 0.6) is 11.5 Å². The van der Waals surface area contributed by atoms with Crippen molar-refractivity contribution in [3.8, 4) is 22.9 Å². The fraction of sp³-hybridized carbons (Fsp3) is 0.320. The maximum absolute atomic E-state index is 12.8. The lowest BCUT2D eigenvalue weighted by molar-refractivity contribution is 0.306. The highest BCUT2D eigenvalue weighted by Gasteiger charge is 2.12. The van der Waals surface area contributed by atoms with E-state index in [4.69, 9.17) is 9.47 Å². The zero-order valence-electron chi connectivity index (χ0n) is 18.4. The van der Waals surface area contributed by atoms with E-state index in [9.17, 15) is 4.79 Å². The van der Waals surface area contributed by atoms with Gasteiger partial charge in [-0.1, -0.05) is 50.2 Å². The van der Waals surface area contributed by atoms with Crippen molar-refractivity contribution in [3.05, 3.63) is 69.0 Å². The second-order valence-electron chi connectivity index (χ2n) is 7.54. The molecule has 0 aliphatic carbocycles. The minimum Gasteiger partial charge on any atom is -0.494 e. The van der Waals surface area contributed by atoms with Gasteiger partial charge in [0.1, 0.15) is 11.5 Å². The number of hydrogen-bond acceptors (Lipinski definition) is 6. The Labute approximate surface area is 191 Å². The lowest BCUT2D eigenvalue weighted by atomic mass is 10.2. The van der Waals surface area contributed by atoms with Crippen molar-refractivity contribution in [2.45, 2.75) is 39.5 Å². The Balaban J connectivity index is 1.50. The molecule has 0 amide bonds. The summed E-state index contributed by atoms with van der Waals surface area (Å²) in [6.07, 6.45) is 6.22. The van der Waals surface area contributed by atoms with Gasteiger partial charge in [0.15, 0.2) is 5.82 Å². The topological polar surface area (TPSA) is 65.7 Å². The van der Waals surface area contributed by atoms with Crippen molar-refractivity contribution >= 4 is 22.4 Å². The molecular weight excluding hydrogens is 422 g/mol. The van der Waals surface area contributed by atoms with E-state index in [0.717, 1.165) is 42.1 Å². The molecule has 0 unspecified atom stereocenters. The minimum atomic E-state index is -0.161. The van der Waals surface area contributed by atoms with Gasteiger partial charge in [0, 0.05) is 5.56 Å². The quantitative estimate of drug-likeness (QED) is 0.328. The van der Waals surface area contributed by atoms with Crippen molar-refractivity contribution in [1.29, 1.82) is 0 Å². The molecule has 6 nitrogen and oxygen atoms in total. The summed E-state index contributed by atoms with van der Waals surface area (Å²) < 4.78 is 13.3. The number of hydrogen-bond donors (Lipinski definition) is 0. The second kappa shape index (κ2) is 10.4. The standard InChI is InChI=1S/C25H27N3O3S/c1-3-5-6-16-31-21-13-9-19(10-14-21)23-26-25-28(27-23)24(29)22(32-25)17-18-7-11-20(12-8-18)30-15-4-2/h7-14,17H,3-6,15-16H2,1-2H3/b22-17-. The van der Waals surface area contributed by atoms with Crippen molar-refractivity contribution < 1.29 is 9.47 Å². The van der Waals surface area contributed by atoms with Gasteiger partial charge in [-0.15, -0.1) is 5.10 Å². The normalized spacial score (nSPS) is 11.9. The summed E-state index contributed by atoms with van der Waals surface area (Å²) >= 11 is 1.34. The van der Waals surface area contributed by atoms with Crippen molar-refractivity contribution in [3.63, 3.8) is 0 Å². The van der Waals surface area contributed by atoms with E-state index in [-0.39, 0.29) is 5.56 Å². The molecule has 0 spiro atoms. The molecule has 4 rings (SSSR count). The fourth-order valence-corrected chi connectivity index (χ4v) is 4.14. The zero-order chi connectivity index (χ0) is 22.3. The van der Waals surface area contributed by atoms with Crippen molar-refractivity contribution in [2.75, 3.05) is 13.2 Å². The van der Waals surface area contributed by atoms with Crippen LogP contribution in [-0.2, 0) is 0 Å². The molecule has 166 valence electrons. The molecule has 0 saturated heterocycles. The highest BCUT2D eigenvalue weighted by atomic mass is 32.1. The molecule has 0 fully saturated rings. The third-order valence-corrected chi connectivity index (χ3v) is 5.92. The summed E-state index contributed by atoms with van der Waals surface area (Å²) in [4.78, 5) is 17.9. The smallest absolute Gasteiger partial charge is 0.291 e. The van der Waals surface area contributed by atoms with Crippen molar-refractivity contribution in [2.24, 2.45) is 0 Å². The largest absolute Gasteiger partial charge is 0.494 e. The maximum atomic E-state index is 12.8. The van der Waals surface area contributed by atoms with Crippen LogP contribution in [0.25, 0.3) is 22.4 Å². The Morgan fingerprint density at radius 2 is 1.59 bits per heavy atom. The first-order chi connectivity index (χ1) is 15.7. The maximum Gasteiger partial charge on any atom is 0.291 e. The van der Waals surface area contributed by atoms with E-state index >= 15 is 0 Å². The van der Waals surface area contributed by atoms with Crippen molar-refractivity contribution in [1.82, 2.24) is 14.6 Å². The molecule has 0 aliphatic heterocycles. The van der Waals surface area contributed by atoms with E-state index in [2.05, 4.69) is 23.9 Å². The van der Waals surface area contributed by atoms with Gasteiger partial charge in [-0.25, -0.2) is 0 Å². The molecule has 0 aliphatic rings. The van der Waals surface area contributed by atoms with E-state index in [0.29, 0.717) is 21.9 Å². The van der Waals surface area contributed by atoms with Crippen LogP contribution in [0.4, 0.5) is 0 Å². The third-order valence-electron chi connectivity index (χ3n) is 4.96. The number of unbranched alkanes of at least 4 members (excludes halogenated alkanes) is 2. The molecule has 0 bridgehead atoms. The van der Waals surface area contributed by atoms with Gasteiger partial charge in [0.2, 0.25) is 4.96 Å². The van der Waals surface area contributed by atoms with Gasteiger partial charge >= 0.3 is 0 Å². The number of thiazole rings is 1. The molecule has 0 N–H and O–H groups in total. The Kier molecular flexibility index (Phi) is 7.17. The average Bonchev–Trinajstić information content (AvgIpc) is 3.36. The Bertz CT molecular complexity index is 1260. The fourth-order valence-electron chi connectivity index (χ4n) is 3.23. The van der Waals surface area contributed by atoms with Gasteiger partial charge in [0.25, 0.3) is 5.56 Å². The SMILES string of the molecule is CCCCCOc1ccc(-c2nc3s/c(=C\c4ccc(OCCC)cc4)c(=O)n3n2)cc1. The highest BCUT2D eigenvalue weighted by Crippen LogP contribution is 2.21. The molecule has 0 atom stereocenters. The summed E-state index contributed by atoms with van der Waals surface area (Å²) in [6.45, 7) is 5.66.